The molecule has 0 spiro atoms. The molecule has 0 unspecified atom stereocenters. The summed E-state index contributed by atoms with van der Waals surface area (Å²) in [6.07, 6.45) is 6.25. The molecule has 2 aromatic rings. The number of hydrogen-bond acceptors (Lipinski definition) is 2. The smallest absolute Gasteiger partial charge is 0.0648 e. The van der Waals surface area contributed by atoms with E-state index in [-0.39, 0.29) is 0 Å². The van der Waals surface area contributed by atoms with E-state index in [0.717, 1.165) is 37.9 Å². The number of aliphatic imine (C=N–C) groups is 1. The van der Waals surface area contributed by atoms with Gasteiger partial charge in [0.15, 0.2) is 0 Å². The van der Waals surface area contributed by atoms with Gasteiger partial charge in [-0.15, -0.1) is 0 Å². The van der Waals surface area contributed by atoms with Crippen LogP contribution in [0.4, 0.5) is 0 Å². The lowest BCUT2D eigenvalue weighted by Gasteiger charge is -2.19. The Balaban J connectivity index is 2.24. The van der Waals surface area contributed by atoms with E-state index >= 15 is 0 Å². The molecule has 0 saturated heterocycles. The normalized spacial score (nSPS) is 15.7. The van der Waals surface area contributed by atoms with Gasteiger partial charge in [0.25, 0.3) is 0 Å². The molecule has 2 N–H and O–H groups in total. The number of fused-ring (bicyclic) bond motifs is 1. The quantitative estimate of drug-likeness (QED) is 0.705. The van der Waals surface area contributed by atoms with Crippen molar-refractivity contribution in [3.8, 4) is 0 Å². The van der Waals surface area contributed by atoms with Crippen LogP contribution in [0.2, 0.25) is 0 Å². The van der Waals surface area contributed by atoms with Gasteiger partial charge in [0.2, 0.25) is 0 Å². The molecule has 0 aliphatic carbocycles. The molecule has 3 rings (SSSR count). The van der Waals surface area contributed by atoms with Crippen molar-refractivity contribution in [2.45, 2.75) is 65.8 Å². The van der Waals surface area contributed by atoms with Gasteiger partial charge in [-0.2, -0.15) is 0 Å². The molecule has 0 radical (unpaired) electrons. The number of aryl methyl sites for hydroxylation is 1. The van der Waals surface area contributed by atoms with Gasteiger partial charge in [-0.3, -0.25) is 4.99 Å². The predicted molar refractivity (Wildman–Crippen MR) is 114 cm³/mol. The summed E-state index contributed by atoms with van der Waals surface area (Å²) in [7, 11) is 0. The first-order valence-corrected chi connectivity index (χ1v) is 9.77. The fraction of sp³-hybridized carbons (Fsp3) is 0.435. The SMILES string of the molecule is C=C(N)c1cc2c(CC)ccc([C@H](C)CC)c2n1CC1=NC=C(C)CC1. The van der Waals surface area contributed by atoms with Gasteiger partial charge in [0, 0.05) is 23.0 Å². The molecule has 3 nitrogen and oxygen atoms in total. The molecule has 1 atom stereocenters. The maximum Gasteiger partial charge on any atom is 0.0648 e. The van der Waals surface area contributed by atoms with Crippen LogP contribution >= 0.6 is 0 Å². The van der Waals surface area contributed by atoms with Gasteiger partial charge in [-0.05, 0) is 55.7 Å². The van der Waals surface area contributed by atoms with Crippen molar-refractivity contribution in [3.05, 3.63) is 53.4 Å². The van der Waals surface area contributed by atoms with Crippen LogP contribution in [0.15, 0.2) is 41.5 Å². The second-order valence-corrected chi connectivity index (χ2v) is 7.55. The summed E-state index contributed by atoms with van der Waals surface area (Å²) < 4.78 is 2.35. The van der Waals surface area contributed by atoms with Gasteiger partial charge in [0.05, 0.1) is 17.8 Å². The van der Waals surface area contributed by atoms with Gasteiger partial charge in [0.1, 0.15) is 0 Å². The van der Waals surface area contributed by atoms with Crippen molar-refractivity contribution in [1.82, 2.24) is 4.57 Å². The van der Waals surface area contributed by atoms with Crippen molar-refractivity contribution < 1.29 is 0 Å². The molecule has 1 aliphatic rings. The molecule has 0 amide bonds. The lowest BCUT2D eigenvalue weighted by molar-refractivity contribution is 0.729. The molecule has 0 fully saturated rings. The number of aromatic nitrogens is 1. The monoisotopic (exact) mass is 349 g/mol. The Morgan fingerprint density at radius 1 is 1.31 bits per heavy atom. The molecular formula is C23H31N3. The molecule has 26 heavy (non-hydrogen) atoms. The fourth-order valence-corrected chi connectivity index (χ4v) is 3.79. The molecule has 2 heterocycles. The number of benzene rings is 1. The van der Waals surface area contributed by atoms with Crippen LogP contribution in [0.5, 0.6) is 0 Å². The highest BCUT2D eigenvalue weighted by Crippen LogP contribution is 2.34. The molecular weight excluding hydrogens is 318 g/mol. The maximum absolute atomic E-state index is 6.19. The van der Waals surface area contributed by atoms with Gasteiger partial charge in [-0.1, -0.05) is 45.1 Å². The Morgan fingerprint density at radius 2 is 2.08 bits per heavy atom. The second-order valence-electron chi connectivity index (χ2n) is 7.55. The lowest BCUT2D eigenvalue weighted by Crippen LogP contribution is -2.16. The van der Waals surface area contributed by atoms with E-state index in [1.807, 2.05) is 6.20 Å². The molecule has 1 aromatic heterocycles. The Hall–Kier alpha value is -2.29. The summed E-state index contributed by atoms with van der Waals surface area (Å²) >= 11 is 0. The Bertz CT molecular complexity index is 896. The first kappa shape index (κ1) is 18.5. The highest BCUT2D eigenvalue weighted by molar-refractivity contribution is 5.94. The zero-order valence-electron chi connectivity index (χ0n) is 16.6. The van der Waals surface area contributed by atoms with E-state index in [2.05, 4.69) is 57.0 Å². The minimum Gasteiger partial charge on any atom is -0.398 e. The number of allylic oxidation sites excluding steroid dienone is 1. The van der Waals surface area contributed by atoms with Crippen molar-refractivity contribution >= 4 is 22.3 Å². The fourth-order valence-electron chi connectivity index (χ4n) is 3.79. The van der Waals surface area contributed by atoms with Crippen LogP contribution in [0.25, 0.3) is 16.6 Å². The molecule has 1 aliphatic heterocycles. The van der Waals surface area contributed by atoms with Crippen LogP contribution in [-0.2, 0) is 13.0 Å². The van der Waals surface area contributed by atoms with E-state index in [1.54, 1.807) is 0 Å². The predicted octanol–water partition coefficient (Wildman–Crippen LogP) is 5.79. The van der Waals surface area contributed by atoms with E-state index in [4.69, 9.17) is 10.7 Å². The molecule has 0 saturated carbocycles. The molecule has 138 valence electrons. The van der Waals surface area contributed by atoms with Crippen LogP contribution in [0.1, 0.15) is 69.7 Å². The average Bonchev–Trinajstić information content (AvgIpc) is 3.02. The van der Waals surface area contributed by atoms with Crippen molar-refractivity contribution in [2.24, 2.45) is 10.7 Å². The Morgan fingerprint density at radius 3 is 2.65 bits per heavy atom. The van der Waals surface area contributed by atoms with Crippen molar-refractivity contribution in [3.63, 3.8) is 0 Å². The van der Waals surface area contributed by atoms with Crippen LogP contribution < -0.4 is 5.73 Å². The number of rotatable bonds is 6. The first-order chi connectivity index (χ1) is 12.5. The van der Waals surface area contributed by atoms with Crippen LogP contribution in [0.3, 0.4) is 0 Å². The van der Waals surface area contributed by atoms with Crippen molar-refractivity contribution in [1.29, 1.82) is 0 Å². The van der Waals surface area contributed by atoms with Crippen LogP contribution in [0, 0.1) is 0 Å². The van der Waals surface area contributed by atoms with Crippen LogP contribution in [-0.4, -0.2) is 10.3 Å². The van der Waals surface area contributed by atoms with E-state index in [9.17, 15) is 0 Å². The van der Waals surface area contributed by atoms with Gasteiger partial charge < -0.3 is 10.3 Å². The summed E-state index contributed by atoms with van der Waals surface area (Å²) in [6.45, 7) is 13.7. The summed E-state index contributed by atoms with van der Waals surface area (Å²) in [5.41, 5.74) is 14.5. The zero-order valence-corrected chi connectivity index (χ0v) is 16.6. The summed E-state index contributed by atoms with van der Waals surface area (Å²) in [6, 6.07) is 6.82. The topological polar surface area (TPSA) is 43.3 Å². The van der Waals surface area contributed by atoms with Crippen molar-refractivity contribution in [2.75, 3.05) is 0 Å². The average molecular weight is 350 g/mol. The Labute approximate surface area is 157 Å². The zero-order chi connectivity index (χ0) is 18.8. The molecule has 3 heteroatoms. The second kappa shape index (κ2) is 7.53. The minimum absolute atomic E-state index is 0.506. The molecule has 1 aromatic carbocycles. The van der Waals surface area contributed by atoms with E-state index in [0.29, 0.717) is 11.6 Å². The number of hydrogen-bond donors (Lipinski definition) is 1. The first-order valence-electron chi connectivity index (χ1n) is 9.77. The summed E-state index contributed by atoms with van der Waals surface area (Å²) in [5.74, 6) is 0.506. The standard InChI is InChI=1S/C23H31N3/c1-6-16(4)20-11-9-18(7-2)21-12-22(17(5)24)26(23(20)21)14-19-10-8-15(3)13-25-19/h9,11-13,16H,5-8,10,14,24H2,1-4H3/t16-/m1/s1. The maximum atomic E-state index is 6.19. The number of nitrogens with zero attached hydrogens (tertiary/aromatic N) is 2. The largest absolute Gasteiger partial charge is 0.398 e. The third-order valence-corrected chi connectivity index (χ3v) is 5.65. The van der Waals surface area contributed by atoms with E-state index in [1.165, 1.54) is 33.3 Å². The number of nitrogens with two attached hydrogens (primary N) is 1. The third kappa shape index (κ3) is 3.35. The summed E-state index contributed by atoms with van der Waals surface area (Å²) in [4.78, 5) is 4.69. The van der Waals surface area contributed by atoms with E-state index < -0.39 is 0 Å². The molecule has 0 bridgehead atoms. The Kier molecular flexibility index (Phi) is 5.36. The third-order valence-electron chi connectivity index (χ3n) is 5.65. The highest BCUT2D eigenvalue weighted by Gasteiger charge is 2.19. The van der Waals surface area contributed by atoms with Gasteiger partial charge in [-0.25, -0.2) is 0 Å². The minimum atomic E-state index is 0.506. The lowest BCUT2D eigenvalue weighted by atomic mass is 9.94. The summed E-state index contributed by atoms with van der Waals surface area (Å²) in [5, 5.41) is 1.31. The highest BCUT2D eigenvalue weighted by atomic mass is 15.0. The van der Waals surface area contributed by atoms with Gasteiger partial charge >= 0.3 is 0 Å².